The molecule has 1 unspecified atom stereocenters. The number of piperidine rings is 1. The lowest BCUT2D eigenvalue weighted by Crippen LogP contribution is -2.52. The van der Waals surface area contributed by atoms with E-state index in [1.54, 1.807) is 4.90 Å². The number of hydrogen-bond acceptors (Lipinski definition) is 6. The van der Waals surface area contributed by atoms with Crippen LogP contribution in [0.15, 0.2) is 42.5 Å². The van der Waals surface area contributed by atoms with Crippen LogP contribution in [0.2, 0.25) is 0 Å². The quantitative estimate of drug-likeness (QED) is 0.576. The van der Waals surface area contributed by atoms with E-state index in [-0.39, 0.29) is 24.1 Å². The minimum Gasteiger partial charge on any atom is -0.369 e. The fraction of sp³-hybridized carbons (Fsp3) is 0.400. The van der Waals surface area contributed by atoms with Gasteiger partial charge in [0.1, 0.15) is 6.04 Å². The Morgan fingerprint density at radius 3 is 2.52 bits per heavy atom. The highest BCUT2D eigenvalue weighted by Gasteiger charge is 2.39. The van der Waals surface area contributed by atoms with Crippen molar-refractivity contribution in [2.24, 2.45) is 0 Å². The molecule has 3 heterocycles. The number of carbonyl (C=O) groups excluding carboxylic acids is 3. The predicted molar refractivity (Wildman–Crippen MR) is 125 cm³/mol. The van der Waals surface area contributed by atoms with Crippen molar-refractivity contribution in [2.75, 3.05) is 31.1 Å². The Morgan fingerprint density at radius 1 is 0.970 bits per heavy atom. The number of rotatable bonds is 6. The average molecular weight is 448 g/mol. The zero-order valence-corrected chi connectivity index (χ0v) is 18.6. The van der Waals surface area contributed by atoms with Gasteiger partial charge < -0.3 is 20.4 Å². The maximum Gasteiger partial charge on any atom is 0.255 e. The normalized spacial score (nSPS) is 20.7. The molecule has 33 heavy (non-hydrogen) atoms. The molecule has 2 aromatic rings. The molecule has 8 nitrogen and oxygen atoms in total. The van der Waals surface area contributed by atoms with Gasteiger partial charge in [0.05, 0.1) is 0 Å². The molecule has 3 aliphatic rings. The van der Waals surface area contributed by atoms with Crippen molar-refractivity contribution >= 4 is 23.4 Å². The lowest BCUT2D eigenvalue weighted by atomic mass is 10.0. The summed E-state index contributed by atoms with van der Waals surface area (Å²) >= 11 is 0. The van der Waals surface area contributed by atoms with Crippen molar-refractivity contribution in [1.82, 2.24) is 20.9 Å². The molecule has 172 valence electrons. The van der Waals surface area contributed by atoms with Crippen LogP contribution in [0.5, 0.6) is 0 Å². The smallest absolute Gasteiger partial charge is 0.255 e. The Bertz CT molecular complexity index is 1060. The third-order valence-electron chi connectivity index (χ3n) is 6.74. The van der Waals surface area contributed by atoms with Gasteiger partial charge in [-0.2, -0.15) is 0 Å². The molecular formula is C25H29N5O3. The van der Waals surface area contributed by atoms with Gasteiger partial charge in [0.2, 0.25) is 11.8 Å². The van der Waals surface area contributed by atoms with Crippen molar-refractivity contribution in [2.45, 2.75) is 38.5 Å². The second-order valence-electron chi connectivity index (χ2n) is 8.85. The van der Waals surface area contributed by atoms with Crippen LogP contribution in [-0.4, -0.2) is 54.8 Å². The molecule has 3 amide bonds. The van der Waals surface area contributed by atoms with E-state index in [0.29, 0.717) is 25.1 Å². The number of hydrogen-bond donors (Lipinski definition) is 3. The number of carbonyl (C=O) groups is 3. The van der Waals surface area contributed by atoms with Gasteiger partial charge in [0.15, 0.2) is 0 Å². The molecular weight excluding hydrogens is 418 g/mol. The SMILES string of the molecule is O=C1CCC(N2Cc3c(CNCc4ccc(N5CCNCC5)cc4)cccc3C2=O)C(=O)N1. The van der Waals surface area contributed by atoms with Gasteiger partial charge >= 0.3 is 0 Å². The van der Waals surface area contributed by atoms with Crippen molar-refractivity contribution in [1.29, 1.82) is 0 Å². The average Bonchev–Trinajstić information content (AvgIpc) is 3.17. The van der Waals surface area contributed by atoms with Crippen molar-refractivity contribution in [3.05, 3.63) is 64.7 Å². The maximum absolute atomic E-state index is 13.0. The monoisotopic (exact) mass is 447 g/mol. The zero-order valence-electron chi connectivity index (χ0n) is 18.6. The largest absolute Gasteiger partial charge is 0.369 e. The summed E-state index contributed by atoms with van der Waals surface area (Å²) in [4.78, 5) is 40.7. The van der Waals surface area contributed by atoms with Gasteiger partial charge in [-0.3, -0.25) is 19.7 Å². The Hall–Kier alpha value is -3.23. The fourth-order valence-corrected chi connectivity index (χ4v) is 4.90. The van der Waals surface area contributed by atoms with Crippen molar-refractivity contribution in [3.8, 4) is 0 Å². The van der Waals surface area contributed by atoms with E-state index in [4.69, 9.17) is 0 Å². The number of benzene rings is 2. The zero-order chi connectivity index (χ0) is 22.8. The van der Waals surface area contributed by atoms with E-state index in [0.717, 1.165) is 43.9 Å². The standard InChI is InChI=1S/C25H29N5O3/c31-23-9-8-22(24(32)28-23)30-16-21-18(2-1-3-20(21)25(30)33)15-27-14-17-4-6-19(7-5-17)29-12-10-26-11-13-29/h1-7,22,26-27H,8-16H2,(H,28,31,32). The molecule has 0 aliphatic carbocycles. The number of nitrogens with zero attached hydrogens (tertiary/aromatic N) is 2. The highest BCUT2D eigenvalue weighted by Crippen LogP contribution is 2.29. The van der Waals surface area contributed by atoms with Gasteiger partial charge in [0, 0.05) is 63.5 Å². The summed E-state index contributed by atoms with van der Waals surface area (Å²) in [5.41, 5.74) is 5.15. The molecule has 5 rings (SSSR count). The summed E-state index contributed by atoms with van der Waals surface area (Å²) in [6.45, 7) is 5.88. The molecule has 0 saturated carbocycles. The molecule has 1 atom stereocenters. The number of amides is 3. The van der Waals surface area contributed by atoms with Gasteiger partial charge in [-0.15, -0.1) is 0 Å². The number of nitrogens with one attached hydrogen (secondary N) is 3. The first-order valence-corrected chi connectivity index (χ1v) is 11.6. The van der Waals surface area contributed by atoms with Crippen LogP contribution in [0.4, 0.5) is 5.69 Å². The lowest BCUT2D eigenvalue weighted by molar-refractivity contribution is -0.136. The van der Waals surface area contributed by atoms with Crippen LogP contribution < -0.4 is 20.9 Å². The first-order chi connectivity index (χ1) is 16.1. The van der Waals surface area contributed by atoms with Crippen molar-refractivity contribution < 1.29 is 14.4 Å². The van der Waals surface area contributed by atoms with E-state index in [9.17, 15) is 14.4 Å². The second-order valence-corrected chi connectivity index (χ2v) is 8.85. The topological polar surface area (TPSA) is 93.8 Å². The Morgan fingerprint density at radius 2 is 1.76 bits per heavy atom. The Kier molecular flexibility index (Phi) is 6.11. The summed E-state index contributed by atoms with van der Waals surface area (Å²) in [7, 11) is 0. The summed E-state index contributed by atoms with van der Waals surface area (Å²) in [6, 6.07) is 13.8. The summed E-state index contributed by atoms with van der Waals surface area (Å²) in [5.74, 6) is -0.785. The van der Waals surface area contributed by atoms with Crippen LogP contribution in [-0.2, 0) is 29.2 Å². The number of piperazine rings is 1. The first-order valence-electron chi connectivity index (χ1n) is 11.6. The van der Waals surface area contributed by atoms with Crippen LogP contribution >= 0.6 is 0 Å². The molecule has 2 aromatic carbocycles. The third kappa shape index (κ3) is 4.49. The predicted octanol–water partition coefficient (Wildman–Crippen LogP) is 1.15. The van der Waals surface area contributed by atoms with E-state index in [1.165, 1.54) is 11.3 Å². The Balaban J connectivity index is 1.21. The summed E-state index contributed by atoms with van der Waals surface area (Å²) in [6.07, 6.45) is 0.639. The van der Waals surface area contributed by atoms with E-state index in [2.05, 4.69) is 45.1 Å². The van der Waals surface area contributed by atoms with Crippen LogP contribution in [0.25, 0.3) is 0 Å². The number of imide groups is 1. The van der Waals surface area contributed by atoms with Crippen LogP contribution in [0, 0.1) is 0 Å². The molecule has 0 radical (unpaired) electrons. The van der Waals surface area contributed by atoms with E-state index < -0.39 is 6.04 Å². The fourth-order valence-electron chi connectivity index (χ4n) is 4.90. The number of anilines is 1. The lowest BCUT2D eigenvalue weighted by Gasteiger charge is -2.29. The van der Waals surface area contributed by atoms with Crippen LogP contribution in [0.1, 0.15) is 39.9 Å². The molecule has 3 aliphatic heterocycles. The van der Waals surface area contributed by atoms with Gasteiger partial charge in [-0.25, -0.2) is 0 Å². The highest BCUT2D eigenvalue weighted by atomic mass is 16.2. The molecule has 2 saturated heterocycles. The van der Waals surface area contributed by atoms with Gasteiger partial charge in [0.25, 0.3) is 5.91 Å². The third-order valence-corrected chi connectivity index (χ3v) is 6.74. The summed E-state index contributed by atoms with van der Waals surface area (Å²) < 4.78 is 0. The molecule has 0 aromatic heterocycles. The molecule has 3 N–H and O–H groups in total. The van der Waals surface area contributed by atoms with E-state index >= 15 is 0 Å². The maximum atomic E-state index is 13.0. The van der Waals surface area contributed by atoms with E-state index in [1.807, 2.05) is 18.2 Å². The van der Waals surface area contributed by atoms with Crippen molar-refractivity contribution in [3.63, 3.8) is 0 Å². The first kappa shape index (κ1) is 21.6. The molecule has 0 spiro atoms. The van der Waals surface area contributed by atoms with Crippen LogP contribution in [0.3, 0.4) is 0 Å². The molecule has 2 fully saturated rings. The highest BCUT2D eigenvalue weighted by molar-refractivity contribution is 6.05. The number of fused-ring (bicyclic) bond motifs is 1. The summed E-state index contributed by atoms with van der Waals surface area (Å²) in [5, 5.41) is 9.22. The second kappa shape index (κ2) is 9.33. The Labute approximate surface area is 193 Å². The molecule has 0 bridgehead atoms. The molecule has 8 heteroatoms. The van der Waals surface area contributed by atoms with Gasteiger partial charge in [-0.1, -0.05) is 24.3 Å². The minimum absolute atomic E-state index is 0.134. The minimum atomic E-state index is -0.586. The van der Waals surface area contributed by atoms with Gasteiger partial charge in [-0.05, 0) is 41.3 Å².